The third-order valence-electron chi connectivity index (χ3n) is 2.47. The van der Waals surface area contributed by atoms with Crippen molar-refractivity contribution < 1.29 is 4.74 Å². The fourth-order valence-corrected chi connectivity index (χ4v) is 1.64. The summed E-state index contributed by atoms with van der Waals surface area (Å²) in [5, 5.41) is 3.30. The number of hydrogen-bond donors (Lipinski definition) is 1. The van der Waals surface area contributed by atoms with Gasteiger partial charge in [0, 0.05) is 12.6 Å². The van der Waals surface area contributed by atoms with Gasteiger partial charge in [0.15, 0.2) is 0 Å². The van der Waals surface area contributed by atoms with Crippen LogP contribution in [0.2, 0.25) is 0 Å². The molecule has 66 valence electrons. The highest BCUT2D eigenvalue weighted by molar-refractivity contribution is 4.72. The highest BCUT2D eigenvalue weighted by Gasteiger charge is 2.18. The van der Waals surface area contributed by atoms with Crippen molar-refractivity contribution in [1.82, 2.24) is 5.32 Å². The summed E-state index contributed by atoms with van der Waals surface area (Å²) in [4.78, 5) is 0. The molecule has 2 unspecified atom stereocenters. The van der Waals surface area contributed by atoms with Gasteiger partial charge < -0.3 is 10.1 Å². The summed E-state index contributed by atoms with van der Waals surface area (Å²) in [6.07, 6.45) is 5.44. The van der Waals surface area contributed by atoms with E-state index in [0.29, 0.717) is 12.1 Å². The lowest BCUT2D eigenvalue weighted by Crippen LogP contribution is -2.28. The molecule has 11 heavy (non-hydrogen) atoms. The molecule has 1 saturated heterocycles. The number of hydrogen-bond acceptors (Lipinski definition) is 2. The zero-order chi connectivity index (χ0) is 8.10. The third kappa shape index (κ3) is 2.80. The Morgan fingerprint density at radius 3 is 2.91 bits per heavy atom. The average Bonchev–Trinajstić information content (AvgIpc) is 2.52. The monoisotopic (exact) mass is 157 g/mol. The van der Waals surface area contributed by atoms with E-state index in [1.165, 1.54) is 25.7 Å². The largest absolute Gasteiger partial charge is 0.378 e. The summed E-state index contributed by atoms with van der Waals surface area (Å²) in [6, 6.07) is 0.651. The van der Waals surface area contributed by atoms with Gasteiger partial charge in [-0.2, -0.15) is 0 Å². The fourth-order valence-electron chi connectivity index (χ4n) is 1.64. The molecule has 0 amide bonds. The smallest absolute Gasteiger partial charge is 0.0590 e. The molecule has 2 heteroatoms. The molecule has 1 N–H and O–H groups in total. The zero-order valence-corrected chi connectivity index (χ0v) is 7.60. The molecule has 1 heterocycles. The van der Waals surface area contributed by atoms with Crippen molar-refractivity contribution in [3.8, 4) is 0 Å². The highest BCUT2D eigenvalue weighted by Crippen LogP contribution is 2.17. The lowest BCUT2D eigenvalue weighted by molar-refractivity contribution is 0.0950. The normalized spacial score (nSPS) is 27.3. The van der Waals surface area contributed by atoms with Crippen molar-refractivity contribution in [2.24, 2.45) is 0 Å². The molecule has 0 aliphatic carbocycles. The number of rotatable bonds is 4. The maximum absolute atomic E-state index is 5.55. The molecule has 0 bridgehead atoms. The molecular weight excluding hydrogens is 138 g/mol. The molecule has 0 aromatic rings. The Balaban J connectivity index is 2.16. The fraction of sp³-hybridized carbons (Fsp3) is 1.00. The van der Waals surface area contributed by atoms with Crippen LogP contribution in [-0.4, -0.2) is 25.8 Å². The first kappa shape index (κ1) is 9.01. The minimum Gasteiger partial charge on any atom is -0.378 e. The van der Waals surface area contributed by atoms with E-state index in [4.69, 9.17) is 4.74 Å². The molecule has 1 aliphatic rings. The van der Waals surface area contributed by atoms with Crippen molar-refractivity contribution >= 4 is 0 Å². The van der Waals surface area contributed by atoms with E-state index < -0.39 is 0 Å². The van der Waals surface area contributed by atoms with E-state index in [1.807, 2.05) is 7.05 Å². The van der Waals surface area contributed by atoms with Crippen molar-refractivity contribution in [2.45, 2.75) is 44.8 Å². The second-order valence-electron chi connectivity index (χ2n) is 3.26. The molecule has 2 atom stereocenters. The Bertz CT molecular complexity index is 95.7. The van der Waals surface area contributed by atoms with Crippen LogP contribution in [0, 0.1) is 0 Å². The Hall–Kier alpha value is -0.0800. The van der Waals surface area contributed by atoms with Crippen LogP contribution in [0.3, 0.4) is 0 Å². The van der Waals surface area contributed by atoms with Crippen molar-refractivity contribution in [1.29, 1.82) is 0 Å². The molecular formula is C9H19NO. The quantitative estimate of drug-likeness (QED) is 0.668. The Morgan fingerprint density at radius 1 is 1.64 bits per heavy atom. The number of ether oxygens (including phenoxy) is 1. The van der Waals surface area contributed by atoms with E-state index >= 15 is 0 Å². The van der Waals surface area contributed by atoms with Crippen LogP contribution in [-0.2, 0) is 4.74 Å². The summed E-state index contributed by atoms with van der Waals surface area (Å²) in [5.74, 6) is 0. The van der Waals surface area contributed by atoms with Gasteiger partial charge in [0.1, 0.15) is 0 Å². The predicted octanol–water partition coefficient (Wildman–Crippen LogP) is 1.55. The summed E-state index contributed by atoms with van der Waals surface area (Å²) < 4.78 is 5.55. The first-order valence-electron chi connectivity index (χ1n) is 4.65. The molecule has 1 fully saturated rings. The molecule has 0 radical (unpaired) electrons. The maximum atomic E-state index is 5.55. The molecule has 1 rings (SSSR count). The molecule has 0 saturated carbocycles. The minimum atomic E-state index is 0.535. The van der Waals surface area contributed by atoms with Gasteiger partial charge in [-0.15, -0.1) is 0 Å². The van der Waals surface area contributed by atoms with E-state index in [9.17, 15) is 0 Å². The van der Waals surface area contributed by atoms with Crippen LogP contribution in [0.5, 0.6) is 0 Å². The van der Waals surface area contributed by atoms with Gasteiger partial charge in [-0.25, -0.2) is 0 Å². The summed E-state index contributed by atoms with van der Waals surface area (Å²) in [5.41, 5.74) is 0. The zero-order valence-electron chi connectivity index (χ0n) is 7.60. The second kappa shape index (κ2) is 4.73. The third-order valence-corrected chi connectivity index (χ3v) is 2.47. The summed E-state index contributed by atoms with van der Waals surface area (Å²) >= 11 is 0. The molecule has 0 aromatic heterocycles. The van der Waals surface area contributed by atoms with Crippen LogP contribution >= 0.6 is 0 Å². The lowest BCUT2D eigenvalue weighted by atomic mass is 10.1. The van der Waals surface area contributed by atoms with Gasteiger partial charge in [0.05, 0.1) is 6.10 Å². The van der Waals surface area contributed by atoms with Gasteiger partial charge in [-0.05, 0) is 32.7 Å². The standard InChI is InChI=1S/C9H19NO/c1-3-8(10-2)7-9-5-4-6-11-9/h8-10H,3-7H2,1-2H3. The Kier molecular flexibility index (Phi) is 3.87. The van der Waals surface area contributed by atoms with Crippen LogP contribution in [0.25, 0.3) is 0 Å². The maximum Gasteiger partial charge on any atom is 0.0590 e. The van der Waals surface area contributed by atoms with Crippen molar-refractivity contribution in [3.63, 3.8) is 0 Å². The van der Waals surface area contributed by atoms with Crippen LogP contribution in [0.1, 0.15) is 32.6 Å². The predicted molar refractivity (Wildman–Crippen MR) is 46.7 cm³/mol. The van der Waals surface area contributed by atoms with Crippen LogP contribution in [0.4, 0.5) is 0 Å². The van der Waals surface area contributed by atoms with Crippen molar-refractivity contribution in [3.05, 3.63) is 0 Å². The van der Waals surface area contributed by atoms with E-state index in [2.05, 4.69) is 12.2 Å². The molecule has 0 aromatic carbocycles. The lowest BCUT2D eigenvalue weighted by Gasteiger charge is -2.17. The summed E-state index contributed by atoms with van der Waals surface area (Å²) in [7, 11) is 2.03. The topological polar surface area (TPSA) is 21.3 Å². The van der Waals surface area contributed by atoms with Crippen LogP contribution in [0.15, 0.2) is 0 Å². The second-order valence-corrected chi connectivity index (χ2v) is 3.26. The number of nitrogens with one attached hydrogen (secondary N) is 1. The minimum absolute atomic E-state index is 0.535. The highest BCUT2D eigenvalue weighted by atomic mass is 16.5. The van der Waals surface area contributed by atoms with Crippen LogP contribution < -0.4 is 5.32 Å². The van der Waals surface area contributed by atoms with Gasteiger partial charge in [0.2, 0.25) is 0 Å². The molecule has 1 aliphatic heterocycles. The first-order chi connectivity index (χ1) is 5.36. The van der Waals surface area contributed by atoms with Gasteiger partial charge in [0.25, 0.3) is 0 Å². The van der Waals surface area contributed by atoms with Crippen molar-refractivity contribution in [2.75, 3.05) is 13.7 Å². The SMILES string of the molecule is CCC(CC1CCCO1)NC. The summed E-state index contributed by atoms with van der Waals surface area (Å²) in [6.45, 7) is 3.20. The Labute approximate surface area is 69.3 Å². The first-order valence-corrected chi connectivity index (χ1v) is 4.65. The van der Waals surface area contributed by atoms with Gasteiger partial charge >= 0.3 is 0 Å². The van der Waals surface area contributed by atoms with Gasteiger partial charge in [-0.1, -0.05) is 6.92 Å². The molecule has 2 nitrogen and oxygen atoms in total. The van der Waals surface area contributed by atoms with E-state index in [0.717, 1.165) is 6.61 Å². The van der Waals surface area contributed by atoms with Gasteiger partial charge in [-0.3, -0.25) is 0 Å². The van der Waals surface area contributed by atoms with E-state index in [-0.39, 0.29) is 0 Å². The Morgan fingerprint density at radius 2 is 2.45 bits per heavy atom. The van der Waals surface area contributed by atoms with E-state index in [1.54, 1.807) is 0 Å². The average molecular weight is 157 g/mol. The molecule has 0 spiro atoms.